The highest BCUT2D eigenvalue weighted by Gasteiger charge is 2.25. The molecule has 1 saturated heterocycles. The first kappa shape index (κ1) is 15.0. The molecule has 2 fully saturated rings. The van der Waals surface area contributed by atoms with E-state index in [1.54, 1.807) is 12.1 Å². The van der Waals surface area contributed by atoms with Crippen LogP contribution in [0.25, 0.3) is 0 Å². The number of rotatable bonds is 4. The Hall–Kier alpha value is -1.88. The van der Waals surface area contributed by atoms with E-state index in [-0.39, 0.29) is 17.7 Å². The molecule has 2 amide bonds. The lowest BCUT2D eigenvalue weighted by Crippen LogP contribution is -2.40. The zero-order valence-corrected chi connectivity index (χ0v) is 12.9. The molecule has 1 aromatic rings. The van der Waals surface area contributed by atoms with E-state index in [1.807, 2.05) is 12.1 Å². The lowest BCUT2D eigenvalue weighted by Gasteiger charge is -2.27. The quantitative estimate of drug-likeness (QED) is 0.795. The highest BCUT2D eigenvalue weighted by Crippen LogP contribution is 2.21. The van der Waals surface area contributed by atoms with Crippen molar-refractivity contribution in [3.05, 3.63) is 29.8 Å². The molecule has 22 heavy (non-hydrogen) atoms. The van der Waals surface area contributed by atoms with E-state index in [0.29, 0.717) is 23.3 Å². The molecule has 1 aliphatic heterocycles. The largest absolute Gasteiger partial charge is 0.349 e. The molecule has 1 heterocycles. The smallest absolute Gasteiger partial charge is 0.251 e. The van der Waals surface area contributed by atoms with Crippen molar-refractivity contribution in [2.75, 3.05) is 11.9 Å². The van der Waals surface area contributed by atoms with Crippen LogP contribution in [0.4, 0.5) is 5.69 Å². The van der Waals surface area contributed by atoms with Crippen LogP contribution in [0.2, 0.25) is 0 Å². The van der Waals surface area contributed by atoms with Gasteiger partial charge in [0, 0.05) is 29.3 Å². The molecule has 0 aromatic heterocycles. The summed E-state index contributed by atoms with van der Waals surface area (Å²) in [6.07, 6.45) is 3.85. The zero-order chi connectivity index (χ0) is 15.5. The fraction of sp³-hybridized carbons (Fsp3) is 0.529. The van der Waals surface area contributed by atoms with E-state index in [1.165, 1.54) is 0 Å². The van der Waals surface area contributed by atoms with E-state index < -0.39 is 0 Å². The Morgan fingerprint density at radius 3 is 2.77 bits per heavy atom. The molecule has 5 heteroatoms. The molecule has 3 rings (SSSR count). The third kappa shape index (κ3) is 3.85. The summed E-state index contributed by atoms with van der Waals surface area (Å²) < 4.78 is 0. The molecular formula is C17H23N3O2. The normalized spacial score (nSPS) is 24.6. The summed E-state index contributed by atoms with van der Waals surface area (Å²) >= 11 is 0. The maximum atomic E-state index is 12.3. The van der Waals surface area contributed by atoms with Crippen LogP contribution in [0.15, 0.2) is 24.3 Å². The van der Waals surface area contributed by atoms with E-state index in [9.17, 15) is 9.59 Å². The first-order chi connectivity index (χ1) is 10.6. The average Bonchev–Trinajstić information content (AvgIpc) is 3.31. The minimum atomic E-state index is -0.0610. The average molecular weight is 301 g/mol. The van der Waals surface area contributed by atoms with Gasteiger partial charge in [-0.2, -0.15) is 0 Å². The molecule has 3 N–H and O–H groups in total. The Bertz CT molecular complexity index is 569. The van der Waals surface area contributed by atoms with Gasteiger partial charge in [-0.05, 0) is 57.4 Å². The van der Waals surface area contributed by atoms with Gasteiger partial charge < -0.3 is 16.0 Å². The van der Waals surface area contributed by atoms with Gasteiger partial charge in [0.15, 0.2) is 0 Å². The summed E-state index contributed by atoms with van der Waals surface area (Å²) in [7, 11) is 0. The van der Waals surface area contributed by atoms with Crippen LogP contribution < -0.4 is 16.0 Å². The van der Waals surface area contributed by atoms with E-state index >= 15 is 0 Å². The third-order valence-electron chi connectivity index (χ3n) is 4.30. The number of nitrogens with one attached hydrogen (secondary N) is 3. The number of anilines is 1. The standard InChI is InChI=1S/C17H23N3O2/c1-11-9-13(7-8-18-11)17(22)20-15-4-2-3-12(10-15)16(21)19-14-5-6-14/h2-4,10-11,13-14,18H,5-9H2,1H3,(H,19,21)(H,20,22)/t11-,13-/m0/s1. The lowest BCUT2D eigenvalue weighted by molar-refractivity contribution is -0.120. The summed E-state index contributed by atoms with van der Waals surface area (Å²) in [4.78, 5) is 24.4. The molecule has 0 radical (unpaired) electrons. The summed E-state index contributed by atoms with van der Waals surface area (Å²) in [5, 5.41) is 9.26. The predicted molar refractivity (Wildman–Crippen MR) is 85.7 cm³/mol. The molecule has 1 aliphatic carbocycles. The van der Waals surface area contributed by atoms with Crippen LogP contribution in [-0.2, 0) is 4.79 Å². The van der Waals surface area contributed by atoms with Gasteiger partial charge in [-0.25, -0.2) is 0 Å². The number of hydrogen-bond acceptors (Lipinski definition) is 3. The summed E-state index contributed by atoms with van der Waals surface area (Å²) in [5.74, 6) is 0.0300. The molecule has 118 valence electrons. The van der Waals surface area contributed by atoms with Gasteiger partial charge >= 0.3 is 0 Å². The molecular weight excluding hydrogens is 278 g/mol. The predicted octanol–water partition coefficient (Wildman–Crippen LogP) is 1.91. The molecule has 2 aliphatic rings. The number of hydrogen-bond donors (Lipinski definition) is 3. The Labute approximate surface area is 130 Å². The van der Waals surface area contributed by atoms with Gasteiger partial charge in [-0.1, -0.05) is 6.07 Å². The SMILES string of the molecule is C[C@H]1C[C@@H](C(=O)Nc2cccc(C(=O)NC3CC3)c2)CCN1. The first-order valence-electron chi connectivity index (χ1n) is 8.07. The number of amides is 2. The Morgan fingerprint density at radius 1 is 1.23 bits per heavy atom. The monoisotopic (exact) mass is 301 g/mol. The summed E-state index contributed by atoms with van der Waals surface area (Å²) in [6.45, 7) is 2.98. The number of benzene rings is 1. The fourth-order valence-corrected chi connectivity index (χ4v) is 2.85. The topological polar surface area (TPSA) is 70.2 Å². The van der Waals surface area contributed by atoms with Gasteiger partial charge in [0.1, 0.15) is 0 Å². The van der Waals surface area contributed by atoms with Crippen molar-refractivity contribution >= 4 is 17.5 Å². The van der Waals surface area contributed by atoms with Crippen molar-refractivity contribution in [3.8, 4) is 0 Å². The van der Waals surface area contributed by atoms with Gasteiger partial charge in [0.2, 0.25) is 5.91 Å². The minimum Gasteiger partial charge on any atom is -0.349 e. The van der Waals surface area contributed by atoms with Crippen molar-refractivity contribution in [1.82, 2.24) is 10.6 Å². The second-order valence-corrected chi connectivity index (χ2v) is 6.39. The van der Waals surface area contributed by atoms with Crippen LogP contribution >= 0.6 is 0 Å². The summed E-state index contributed by atoms with van der Waals surface area (Å²) in [6, 6.07) is 7.88. The molecule has 0 spiro atoms. The lowest BCUT2D eigenvalue weighted by atomic mass is 9.92. The Morgan fingerprint density at radius 2 is 2.05 bits per heavy atom. The molecule has 1 aromatic carbocycles. The summed E-state index contributed by atoms with van der Waals surface area (Å²) in [5.41, 5.74) is 1.29. The van der Waals surface area contributed by atoms with Crippen molar-refractivity contribution in [2.45, 2.75) is 44.7 Å². The maximum Gasteiger partial charge on any atom is 0.251 e. The Balaban J connectivity index is 1.61. The van der Waals surface area contributed by atoms with Crippen molar-refractivity contribution in [1.29, 1.82) is 0 Å². The first-order valence-corrected chi connectivity index (χ1v) is 8.07. The van der Waals surface area contributed by atoms with E-state index in [0.717, 1.165) is 32.2 Å². The highest BCUT2D eigenvalue weighted by atomic mass is 16.2. The number of carbonyl (C=O) groups excluding carboxylic acids is 2. The van der Waals surface area contributed by atoms with E-state index in [4.69, 9.17) is 0 Å². The van der Waals surface area contributed by atoms with Crippen LogP contribution in [0, 0.1) is 5.92 Å². The molecule has 0 unspecified atom stereocenters. The van der Waals surface area contributed by atoms with Gasteiger partial charge in [0.25, 0.3) is 5.91 Å². The molecule has 2 atom stereocenters. The van der Waals surface area contributed by atoms with Crippen LogP contribution in [0.5, 0.6) is 0 Å². The van der Waals surface area contributed by atoms with Crippen molar-refractivity contribution < 1.29 is 9.59 Å². The molecule has 1 saturated carbocycles. The zero-order valence-electron chi connectivity index (χ0n) is 12.9. The second kappa shape index (κ2) is 6.48. The van der Waals surface area contributed by atoms with Crippen LogP contribution in [-0.4, -0.2) is 30.4 Å². The number of piperidine rings is 1. The molecule has 0 bridgehead atoms. The second-order valence-electron chi connectivity index (χ2n) is 6.39. The van der Waals surface area contributed by atoms with Crippen molar-refractivity contribution in [2.24, 2.45) is 5.92 Å². The van der Waals surface area contributed by atoms with Gasteiger partial charge in [-0.15, -0.1) is 0 Å². The maximum absolute atomic E-state index is 12.3. The third-order valence-corrected chi connectivity index (χ3v) is 4.30. The number of carbonyl (C=O) groups is 2. The highest BCUT2D eigenvalue weighted by molar-refractivity contribution is 5.97. The van der Waals surface area contributed by atoms with Gasteiger partial charge in [0.05, 0.1) is 0 Å². The fourth-order valence-electron chi connectivity index (χ4n) is 2.85. The van der Waals surface area contributed by atoms with Crippen LogP contribution in [0.3, 0.4) is 0 Å². The van der Waals surface area contributed by atoms with Gasteiger partial charge in [-0.3, -0.25) is 9.59 Å². The Kier molecular flexibility index (Phi) is 4.43. The molecule has 5 nitrogen and oxygen atoms in total. The van der Waals surface area contributed by atoms with Crippen LogP contribution in [0.1, 0.15) is 43.0 Å². The van der Waals surface area contributed by atoms with E-state index in [2.05, 4.69) is 22.9 Å². The van der Waals surface area contributed by atoms with Crippen molar-refractivity contribution in [3.63, 3.8) is 0 Å². The minimum absolute atomic E-state index is 0.0418.